The highest BCUT2D eigenvalue weighted by molar-refractivity contribution is 5.91. The van der Waals surface area contributed by atoms with Crippen molar-refractivity contribution < 1.29 is 39.9 Å². The Labute approximate surface area is 358 Å². The molecule has 0 aromatic carbocycles. The molecule has 4 fully saturated rings. The van der Waals surface area contributed by atoms with Crippen molar-refractivity contribution in [1.82, 2.24) is 20.3 Å². The average molecular weight is 837 g/mol. The predicted molar refractivity (Wildman–Crippen MR) is 230 cm³/mol. The Morgan fingerprint density at radius 3 is 0.797 bits per heavy atom. The lowest BCUT2D eigenvalue weighted by atomic mass is 9.61. The second-order valence-electron chi connectivity index (χ2n) is 24.6. The molecule has 0 spiro atoms. The van der Waals surface area contributed by atoms with Crippen LogP contribution in [0.15, 0.2) is 0 Å². The Morgan fingerprint density at radius 1 is 0.424 bits per heavy atom. The number of hydrogen-bond acceptors (Lipinski definition) is 12. The van der Waals surface area contributed by atoms with Crippen LogP contribution >= 0.6 is 0 Å². The summed E-state index contributed by atoms with van der Waals surface area (Å²) in [6, 6.07) is 0. The fourth-order valence-electron chi connectivity index (χ4n) is 13.5. The number of piperidine rings is 4. The molecule has 4 rings (SSSR count). The molecule has 0 atom stereocenters. The smallest absolute Gasteiger partial charge is 0.317 e. The van der Waals surface area contributed by atoms with Crippen molar-refractivity contribution in [2.24, 2.45) is 35.5 Å². The number of rotatable bonds is 14. The first-order valence-corrected chi connectivity index (χ1v) is 22.9. The second-order valence-corrected chi connectivity index (χ2v) is 24.6. The summed E-state index contributed by atoms with van der Waals surface area (Å²) in [4.78, 5) is 25.9. The quantitative estimate of drug-likeness (QED) is 0.0751. The standard InChI is InChI=1S/C47H88N4O8/c1-40(2)24-32(25-41(3,4)48(40)54)36(33-26-42(5,6)49(55)43(7,8)27-33)19-17-21-58-38(52)23-39(53)59-22-18-20-37(34-28-44(9,10)50(56)45(11,12)29-34)35-30-46(13,14)51(57)47(15,16)31-35/h32-37,54-57H,17-31H2,1-16H3. The van der Waals surface area contributed by atoms with Gasteiger partial charge in [-0.3, -0.25) is 9.59 Å². The Morgan fingerprint density at radius 2 is 0.610 bits per heavy atom. The van der Waals surface area contributed by atoms with Crippen LogP contribution in [-0.4, -0.2) is 111 Å². The van der Waals surface area contributed by atoms with Gasteiger partial charge in [-0.05, 0) is 223 Å². The normalized spacial score (nSPS) is 27.9. The Balaban J connectivity index is 1.33. The SMILES string of the molecule is CC1(C)CC(C(CCCOC(=O)CC(=O)OCCCC(C2CC(C)(C)N(O)C(C)(C)C2)C2CC(C)(C)N(O)C(C)(C)C2)C2CC(C)(C)N(O)C(C)(C)C2)CC(C)(C)N1O. The van der Waals surface area contributed by atoms with Crippen LogP contribution < -0.4 is 0 Å². The molecule has 4 saturated heterocycles. The van der Waals surface area contributed by atoms with E-state index in [1.807, 2.05) is 0 Å². The van der Waals surface area contributed by atoms with Crippen LogP contribution in [0.5, 0.6) is 0 Å². The van der Waals surface area contributed by atoms with Crippen molar-refractivity contribution in [2.45, 2.75) is 239 Å². The van der Waals surface area contributed by atoms with Gasteiger partial charge in [0.25, 0.3) is 0 Å². The first-order valence-electron chi connectivity index (χ1n) is 22.9. The van der Waals surface area contributed by atoms with E-state index in [1.165, 1.54) is 20.3 Å². The van der Waals surface area contributed by atoms with E-state index in [4.69, 9.17) is 9.47 Å². The molecule has 0 amide bonds. The molecule has 4 aliphatic heterocycles. The monoisotopic (exact) mass is 837 g/mol. The molecular weight excluding hydrogens is 749 g/mol. The van der Waals surface area contributed by atoms with E-state index in [2.05, 4.69) is 111 Å². The van der Waals surface area contributed by atoms with E-state index in [9.17, 15) is 30.4 Å². The number of hydrogen-bond donors (Lipinski definition) is 4. The van der Waals surface area contributed by atoms with Gasteiger partial charge < -0.3 is 30.3 Å². The van der Waals surface area contributed by atoms with Crippen molar-refractivity contribution in [3.8, 4) is 0 Å². The van der Waals surface area contributed by atoms with E-state index < -0.39 is 62.7 Å². The van der Waals surface area contributed by atoms with Crippen LogP contribution in [0.2, 0.25) is 0 Å². The highest BCUT2D eigenvalue weighted by Crippen LogP contribution is 2.53. The maximum atomic E-state index is 12.9. The maximum absolute atomic E-state index is 12.9. The predicted octanol–water partition coefficient (Wildman–Crippen LogP) is 9.89. The average Bonchev–Trinajstić information content (AvgIpc) is 3.06. The molecule has 0 bridgehead atoms. The van der Waals surface area contributed by atoms with Crippen molar-refractivity contribution in [2.75, 3.05) is 13.2 Å². The minimum atomic E-state index is -0.573. The Bertz CT molecular complexity index is 1190. The van der Waals surface area contributed by atoms with E-state index in [0.29, 0.717) is 48.3 Å². The van der Waals surface area contributed by atoms with E-state index >= 15 is 0 Å². The Kier molecular flexibility index (Phi) is 15.0. The van der Waals surface area contributed by atoms with Gasteiger partial charge in [0.15, 0.2) is 0 Å². The zero-order chi connectivity index (χ0) is 44.9. The summed E-state index contributed by atoms with van der Waals surface area (Å²) in [7, 11) is 0. The molecule has 12 heteroatoms. The molecule has 59 heavy (non-hydrogen) atoms. The van der Waals surface area contributed by atoms with Gasteiger partial charge >= 0.3 is 11.9 Å². The van der Waals surface area contributed by atoms with Gasteiger partial charge in [-0.15, -0.1) is 0 Å². The third kappa shape index (κ3) is 11.6. The summed E-state index contributed by atoms with van der Waals surface area (Å²) in [5.41, 5.74) is -3.12. The summed E-state index contributed by atoms with van der Waals surface area (Å²) in [5.74, 6) is 0.848. The maximum Gasteiger partial charge on any atom is 0.317 e. The van der Waals surface area contributed by atoms with E-state index in [1.54, 1.807) is 0 Å². The molecule has 4 aliphatic rings. The van der Waals surface area contributed by atoms with Gasteiger partial charge in [0.05, 0.1) is 13.2 Å². The lowest BCUT2D eigenvalue weighted by Gasteiger charge is -2.57. The molecule has 0 radical (unpaired) electrons. The van der Waals surface area contributed by atoms with Gasteiger partial charge in [0.1, 0.15) is 6.42 Å². The van der Waals surface area contributed by atoms with Gasteiger partial charge in [-0.25, -0.2) is 0 Å². The summed E-state index contributed by atoms with van der Waals surface area (Å²) >= 11 is 0. The summed E-state index contributed by atoms with van der Waals surface area (Å²) in [5, 5.41) is 50.5. The molecule has 0 unspecified atom stereocenters. The van der Waals surface area contributed by atoms with Crippen molar-refractivity contribution >= 4 is 11.9 Å². The summed E-state index contributed by atoms with van der Waals surface area (Å²) in [6.45, 7) is 34.1. The number of carbonyl (C=O) groups is 2. The minimum Gasteiger partial charge on any atom is -0.465 e. The summed E-state index contributed by atoms with van der Waals surface area (Å²) in [6.07, 6.45) is 9.38. The first kappa shape index (κ1) is 50.3. The Hall–Kier alpha value is -1.38. The van der Waals surface area contributed by atoms with Gasteiger partial charge in [0, 0.05) is 44.3 Å². The number of carbonyl (C=O) groups excluding carboxylic acids is 2. The van der Waals surface area contributed by atoms with Crippen molar-refractivity contribution in [1.29, 1.82) is 0 Å². The lowest BCUT2D eigenvalue weighted by Crippen LogP contribution is -2.62. The largest absolute Gasteiger partial charge is 0.465 e. The molecule has 4 heterocycles. The zero-order valence-electron chi connectivity index (χ0n) is 40.3. The highest BCUT2D eigenvalue weighted by Gasteiger charge is 2.54. The molecule has 4 N–H and O–H groups in total. The zero-order valence-corrected chi connectivity index (χ0v) is 40.3. The molecule has 0 aromatic heterocycles. The molecule has 0 saturated carbocycles. The fourth-order valence-corrected chi connectivity index (χ4v) is 13.5. The lowest BCUT2D eigenvalue weighted by molar-refractivity contribution is -0.267. The molecule has 12 nitrogen and oxygen atoms in total. The number of ether oxygens (including phenoxy) is 2. The minimum absolute atomic E-state index is 0.222. The van der Waals surface area contributed by atoms with E-state index in [-0.39, 0.29) is 13.2 Å². The van der Waals surface area contributed by atoms with Crippen LogP contribution in [0, 0.1) is 35.5 Å². The van der Waals surface area contributed by atoms with Crippen LogP contribution in [0.25, 0.3) is 0 Å². The van der Waals surface area contributed by atoms with Crippen LogP contribution in [-0.2, 0) is 19.1 Å². The number of nitrogens with zero attached hydrogens (tertiary/aromatic N) is 4. The van der Waals surface area contributed by atoms with E-state index in [0.717, 1.165) is 64.2 Å². The first-order chi connectivity index (χ1) is 26.7. The molecule has 0 aliphatic carbocycles. The summed E-state index contributed by atoms with van der Waals surface area (Å²) < 4.78 is 11.3. The van der Waals surface area contributed by atoms with Crippen molar-refractivity contribution in [3.63, 3.8) is 0 Å². The molecule has 0 aromatic rings. The third-order valence-electron chi connectivity index (χ3n) is 15.3. The van der Waals surface area contributed by atoms with Gasteiger partial charge in [-0.1, -0.05) is 0 Å². The van der Waals surface area contributed by atoms with Crippen LogP contribution in [0.4, 0.5) is 0 Å². The second kappa shape index (κ2) is 17.6. The number of esters is 2. The highest BCUT2D eigenvalue weighted by atomic mass is 16.6. The van der Waals surface area contributed by atoms with Crippen LogP contribution in [0.1, 0.15) is 194 Å². The third-order valence-corrected chi connectivity index (χ3v) is 15.3. The van der Waals surface area contributed by atoms with Gasteiger partial charge in [0.2, 0.25) is 0 Å². The van der Waals surface area contributed by atoms with Gasteiger partial charge in [-0.2, -0.15) is 20.3 Å². The fraction of sp³-hybridized carbons (Fsp3) is 0.957. The van der Waals surface area contributed by atoms with Crippen molar-refractivity contribution in [3.05, 3.63) is 0 Å². The van der Waals surface area contributed by atoms with Crippen LogP contribution in [0.3, 0.4) is 0 Å². The number of hydroxylamine groups is 8. The molecule has 344 valence electrons. The molecular formula is C47H88N4O8. The topological polar surface area (TPSA) is 146 Å².